The van der Waals surface area contributed by atoms with E-state index < -0.39 is 5.54 Å². The van der Waals surface area contributed by atoms with Crippen molar-refractivity contribution >= 4 is 17.3 Å². The first-order valence-corrected chi connectivity index (χ1v) is 9.23. The van der Waals surface area contributed by atoms with Crippen LogP contribution < -0.4 is 10.6 Å². The molecule has 0 bridgehead atoms. The van der Waals surface area contributed by atoms with Crippen LogP contribution in [0, 0.1) is 0 Å². The molecule has 0 saturated carbocycles. The van der Waals surface area contributed by atoms with Crippen molar-refractivity contribution in [1.29, 1.82) is 0 Å². The van der Waals surface area contributed by atoms with Gasteiger partial charge in [0.1, 0.15) is 5.54 Å². The van der Waals surface area contributed by atoms with Crippen LogP contribution in [0.1, 0.15) is 24.0 Å². The van der Waals surface area contributed by atoms with Gasteiger partial charge >= 0.3 is 0 Å². The fourth-order valence-electron chi connectivity index (χ4n) is 4.67. The summed E-state index contributed by atoms with van der Waals surface area (Å²) in [5, 5.41) is 6.65. The summed E-state index contributed by atoms with van der Waals surface area (Å²) in [5.41, 5.74) is 4.48. The van der Waals surface area contributed by atoms with Crippen LogP contribution in [0.2, 0.25) is 0 Å². The zero-order valence-electron chi connectivity index (χ0n) is 14.3. The molecule has 25 heavy (non-hydrogen) atoms. The maximum Gasteiger partial charge on any atom is 0.250 e. The summed E-state index contributed by atoms with van der Waals surface area (Å²) in [6, 6.07) is 17.4. The van der Waals surface area contributed by atoms with E-state index in [0.717, 1.165) is 50.1 Å². The predicted molar refractivity (Wildman–Crippen MR) is 99.9 cm³/mol. The largest absolute Gasteiger partial charge is 0.369 e. The van der Waals surface area contributed by atoms with Crippen LogP contribution in [0.15, 0.2) is 48.5 Å². The average molecular weight is 333 g/mol. The van der Waals surface area contributed by atoms with Crippen molar-refractivity contribution in [2.75, 3.05) is 23.7 Å². The molecular formula is C21H23N3O. The highest BCUT2D eigenvalue weighted by atomic mass is 16.2. The molecule has 0 atom stereocenters. The van der Waals surface area contributed by atoms with Crippen molar-refractivity contribution in [2.45, 2.75) is 37.3 Å². The third-order valence-electron chi connectivity index (χ3n) is 6.18. The van der Waals surface area contributed by atoms with Crippen LogP contribution in [-0.4, -0.2) is 35.5 Å². The molecule has 2 aliphatic heterocycles. The Balaban J connectivity index is 1.30. The molecular weight excluding hydrogens is 310 g/mol. The summed E-state index contributed by atoms with van der Waals surface area (Å²) in [6.07, 6.45) is 4.01. The highest BCUT2D eigenvalue weighted by Gasteiger charge is 2.45. The number of benzene rings is 2. The smallest absolute Gasteiger partial charge is 0.250 e. The van der Waals surface area contributed by atoms with Gasteiger partial charge in [-0.15, -0.1) is 0 Å². The molecule has 0 aromatic heterocycles. The van der Waals surface area contributed by atoms with E-state index in [1.54, 1.807) is 0 Å². The summed E-state index contributed by atoms with van der Waals surface area (Å²) < 4.78 is 0. The molecule has 5 rings (SSSR count). The number of fused-ring (bicyclic) bond motifs is 2. The quantitative estimate of drug-likeness (QED) is 0.843. The molecule has 2 N–H and O–H groups in total. The molecule has 2 aromatic rings. The van der Waals surface area contributed by atoms with E-state index in [1.807, 2.05) is 18.2 Å². The Bertz CT molecular complexity index is 798. The van der Waals surface area contributed by atoms with Crippen LogP contribution in [-0.2, 0) is 17.6 Å². The van der Waals surface area contributed by atoms with E-state index in [-0.39, 0.29) is 5.91 Å². The monoisotopic (exact) mass is 333 g/mol. The Morgan fingerprint density at radius 1 is 0.880 bits per heavy atom. The Hall–Kier alpha value is -2.33. The highest BCUT2D eigenvalue weighted by Crippen LogP contribution is 2.37. The molecule has 2 aromatic carbocycles. The minimum atomic E-state index is -0.448. The first-order chi connectivity index (χ1) is 12.2. The summed E-state index contributed by atoms with van der Waals surface area (Å²) >= 11 is 0. The standard InChI is InChI=1S/C21H23N3O/c25-20-21(23-19-8-4-3-7-18(19)22-20)9-11-24(12-10-21)17-13-15-5-1-2-6-16(15)14-17/h1-8,17,23H,9-14H2,(H,22,25). The number of nitrogens with one attached hydrogen (secondary N) is 2. The summed E-state index contributed by atoms with van der Waals surface area (Å²) in [6.45, 7) is 1.95. The molecule has 128 valence electrons. The molecule has 2 heterocycles. The number of rotatable bonds is 1. The Morgan fingerprint density at radius 3 is 2.16 bits per heavy atom. The van der Waals surface area contributed by atoms with Gasteiger partial charge in [-0.3, -0.25) is 9.69 Å². The lowest BCUT2D eigenvalue weighted by Crippen LogP contribution is -2.59. The number of likely N-dealkylation sites (tertiary alicyclic amines) is 1. The Morgan fingerprint density at radius 2 is 1.48 bits per heavy atom. The number of anilines is 2. The van der Waals surface area contributed by atoms with Gasteiger partial charge in [0.15, 0.2) is 0 Å². The minimum absolute atomic E-state index is 0.126. The van der Waals surface area contributed by atoms with E-state index in [4.69, 9.17) is 0 Å². The Kier molecular flexibility index (Phi) is 3.35. The van der Waals surface area contributed by atoms with Gasteiger partial charge in [-0.25, -0.2) is 0 Å². The third kappa shape index (κ3) is 2.44. The molecule has 0 unspecified atom stereocenters. The van der Waals surface area contributed by atoms with Crippen LogP contribution in [0.5, 0.6) is 0 Å². The normalized spacial score (nSPS) is 22.2. The second-order valence-corrected chi connectivity index (χ2v) is 7.57. The molecule has 1 aliphatic carbocycles. The number of nitrogens with zero attached hydrogens (tertiary/aromatic N) is 1. The summed E-state index contributed by atoms with van der Waals surface area (Å²) in [7, 11) is 0. The highest BCUT2D eigenvalue weighted by molar-refractivity contribution is 6.06. The maximum atomic E-state index is 12.7. The van der Waals surface area contributed by atoms with Crippen molar-refractivity contribution in [1.82, 2.24) is 4.90 Å². The number of amides is 1. The van der Waals surface area contributed by atoms with E-state index in [9.17, 15) is 4.79 Å². The zero-order valence-corrected chi connectivity index (χ0v) is 14.3. The molecule has 0 radical (unpaired) electrons. The number of hydrogen-bond donors (Lipinski definition) is 2. The molecule has 3 aliphatic rings. The van der Waals surface area contributed by atoms with Gasteiger partial charge in [-0.1, -0.05) is 36.4 Å². The van der Waals surface area contributed by atoms with Crippen molar-refractivity contribution in [2.24, 2.45) is 0 Å². The Labute approximate surface area is 148 Å². The molecule has 4 heteroatoms. The number of carbonyl (C=O) groups is 1. The number of para-hydroxylation sites is 2. The average Bonchev–Trinajstić information content (AvgIpc) is 3.07. The van der Waals surface area contributed by atoms with E-state index in [1.165, 1.54) is 11.1 Å². The SMILES string of the molecule is O=C1Nc2ccccc2NC12CCN(C1Cc3ccccc3C1)CC2. The van der Waals surface area contributed by atoms with E-state index in [0.29, 0.717) is 6.04 Å². The third-order valence-corrected chi connectivity index (χ3v) is 6.18. The second-order valence-electron chi connectivity index (χ2n) is 7.57. The zero-order chi connectivity index (χ0) is 16.9. The van der Waals surface area contributed by atoms with Crippen molar-refractivity contribution in [3.8, 4) is 0 Å². The van der Waals surface area contributed by atoms with Gasteiger partial charge < -0.3 is 10.6 Å². The van der Waals surface area contributed by atoms with Crippen LogP contribution in [0.25, 0.3) is 0 Å². The number of carbonyl (C=O) groups excluding carboxylic acids is 1. The van der Waals surface area contributed by atoms with Gasteiger partial charge in [-0.2, -0.15) is 0 Å². The molecule has 1 amide bonds. The lowest BCUT2D eigenvalue weighted by atomic mass is 9.83. The summed E-state index contributed by atoms with van der Waals surface area (Å²) in [4.78, 5) is 15.3. The topological polar surface area (TPSA) is 44.4 Å². The van der Waals surface area contributed by atoms with E-state index >= 15 is 0 Å². The second kappa shape index (κ2) is 5.60. The van der Waals surface area contributed by atoms with Crippen LogP contribution >= 0.6 is 0 Å². The number of piperidine rings is 1. The maximum absolute atomic E-state index is 12.7. The number of hydrogen-bond acceptors (Lipinski definition) is 3. The van der Waals surface area contributed by atoms with Gasteiger partial charge in [-0.05, 0) is 48.9 Å². The van der Waals surface area contributed by atoms with Crippen molar-refractivity contribution in [3.63, 3.8) is 0 Å². The van der Waals surface area contributed by atoms with Crippen LogP contribution in [0.3, 0.4) is 0 Å². The molecule has 1 fully saturated rings. The first-order valence-electron chi connectivity index (χ1n) is 9.23. The van der Waals surface area contributed by atoms with Gasteiger partial charge in [0.25, 0.3) is 0 Å². The predicted octanol–water partition coefficient (Wildman–Crippen LogP) is 3.05. The molecule has 1 spiro atoms. The molecule has 1 saturated heterocycles. The fraction of sp³-hybridized carbons (Fsp3) is 0.381. The van der Waals surface area contributed by atoms with Crippen molar-refractivity contribution in [3.05, 3.63) is 59.7 Å². The van der Waals surface area contributed by atoms with Crippen molar-refractivity contribution < 1.29 is 4.79 Å². The molecule has 4 nitrogen and oxygen atoms in total. The lowest BCUT2D eigenvalue weighted by molar-refractivity contribution is -0.122. The van der Waals surface area contributed by atoms with Crippen LogP contribution in [0.4, 0.5) is 11.4 Å². The summed E-state index contributed by atoms with van der Waals surface area (Å²) in [5.74, 6) is 0.126. The first kappa shape index (κ1) is 15.0. The lowest BCUT2D eigenvalue weighted by Gasteiger charge is -2.45. The van der Waals surface area contributed by atoms with Gasteiger partial charge in [0.05, 0.1) is 11.4 Å². The van der Waals surface area contributed by atoms with Gasteiger partial charge in [0.2, 0.25) is 5.91 Å². The fourth-order valence-corrected chi connectivity index (χ4v) is 4.67. The van der Waals surface area contributed by atoms with Gasteiger partial charge in [0, 0.05) is 19.1 Å². The minimum Gasteiger partial charge on any atom is -0.369 e. The van der Waals surface area contributed by atoms with E-state index in [2.05, 4.69) is 45.9 Å².